The van der Waals surface area contributed by atoms with E-state index in [-0.39, 0.29) is 34.6 Å². The van der Waals surface area contributed by atoms with Crippen molar-refractivity contribution in [3.8, 4) is 0 Å². The number of amides is 1. The molecule has 144 valence electrons. The number of anilines is 1. The summed E-state index contributed by atoms with van der Waals surface area (Å²) >= 11 is 0. The number of benzene rings is 1. The fraction of sp³-hybridized carbons (Fsp3) is 0.333. The van der Waals surface area contributed by atoms with Gasteiger partial charge in [-0.3, -0.25) is 19.6 Å². The van der Waals surface area contributed by atoms with E-state index >= 15 is 0 Å². The SMILES string of the molecule is Cc1cc(C(=O)N2c3ccccc3CCC2C(C)C)nc2[nH]c(=O)[nH]c(=O)c12. The third kappa shape index (κ3) is 2.93. The lowest BCUT2D eigenvalue weighted by Gasteiger charge is -2.39. The summed E-state index contributed by atoms with van der Waals surface area (Å²) in [6.07, 6.45) is 1.80. The molecule has 4 rings (SSSR count). The summed E-state index contributed by atoms with van der Waals surface area (Å²) < 4.78 is 0. The number of aryl methyl sites for hydroxylation is 2. The summed E-state index contributed by atoms with van der Waals surface area (Å²) in [5.74, 6) is 0.0542. The van der Waals surface area contributed by atoms with Gasteiger partial charge in [0.15, 0.2) is 0 Å². The molecule has 0 aliphatic carbocycles. The number of nitrogens with one attached hydrogen (secondary N) is 2. The Morgan fingerprint density at radius 2 is 1.96 bits per heavy atom. The summed E-state index contributed by atoms with van der Waals surface area (Å²) in [7, 11) is 0. The first kappa shape index (κ1) is 18.2. The maximum absolute atomic E-state index is 13.5. The normalized spacial score (nSPS) is 16.4. The third-order valence-corrected chi connectivity index (χ3v) is 5.40. The minimum Gasteiger partial charge on any atom is -0.303 e. The molecule has 28 heavy (non-hydrogen) atoms. The van der Waals surface area contributed by atoms with Crippen LogP contribution in [0.4, 0.5) is 5.69 Å². The molecule has 0 saturated carbocycles. The zero-order chi connectivity index (χ0) is 20.0. The van der Waals surface area contributed by atoms with Crippen molar-refractivity contribution in [3.05, 3.63) is 68.0 Å². The summed E-state index contributed by atoms with van der Waals surface area (Å²) in [5, 5.41) is 0.288. The molecule has 0 spiro atoms. The Morgan fingerprint density at radius 1 is 1.21 bits per heavy atom. The van der Waals surface area contributed by atoms with Crippen LogP contribution in [0.1, 0.15) is 41.9 Å². The van der Waals surface area contributed by atoms with Gasteiger partial charge in [-0.1, -0.05) is 32.0 Å². The van der Waals surface area contributed by atoms with Gasteiger partial charge in [-0.15, -0.1) is 0 Å². The molecule has 1 aliphatic heterocycles. The Hall–Kier alpha value is -3.22. The van der Waals surface area contributed by atoms with Gasteiger partial charge >= 0.3 is 5.69 Å². The second-order valence-electron chi connectivity index (χ2n) is 7.61. The van der Waals surface area contributed by atoms with Gasteiger partial charge in [0.25, 0.3) is 11.5 Å². The van der Waals surface area contributed by atoms with Gasteiger partial charge in [0.2, 0.25) is 0 Å². The first-order valence-electron chi connectivity index (χ1n) is 9.42. The van der Waals surface area contributed by atoms with Crippen molar-refractivity contribution in [2.24, 2.45) is 5.92 Å². The van der Waals surface area contributed by atoms with Crippen LogP contribution in [0.15, 0.2) is 39.9 Å². The van der Waals surface area contributed by atoms with E-state index in [1.165, 1.54) is 0 Å². The number of para-hydroxylation sites is 1. The van der Waals surface area contributed by atoms with Gasteiger partial charge in [-0.05, 0) is 48.9 Å². The highest BCUT2D eigenvalue weighted by atomic mass is 16.2. The summed E-state index contributed by atoms with van der Waals surface area (Å²) in [4.78, 5) is 48.2. The predicted octanol–water partition coefficient (Wildman–Crippen LogP) is 2.54. The van der Waals surface area contributed by atoms with Gasteiger partial charge in [0.05, 0.1) is 5.39 Å². The lowest BCUT2D eigenvalue weighted by Crippen LogP contribution is -2.47. The fourth-order valence-corrected chi connectivity index (χ4v) is 4.05. The monoisotopic (exact) mass is 378 g/mol. The van der Waals surface area contributed by atoms with Crippen LogP contribution in [0.5, 0.6) is 0 Å². The van der Waals surface area contributed by atoms with Gasteiger partial charge in [0, 0.05) is 11.7 Å². The predicted molar refractivity (Wildman–Crippen MR) is 108 cm³/mol. The summed E-state index contributed by atoms with van der Waals surface area (Å²) in [6, 6.07) is 9.58. The second-order valence-corrected chi connectivity index (χ2v) is 7.61. The molecule has 1 unspecified atom stereocenters. The molecule has 3 aromatic rings. The van der Waals surface area contributed by atoms with Crippen LogP contribution < -0.4 is 16.1 Å². The molecule has 0 bridgehead atoms. The van der Waals surface area contributed by atoms with E-state index in [9.17, 15) is 14.4 Å². The topological polar surface area (TPSA) is 98.9 Å². The number of pyridine rings is 1. The second kappa shape index (κ2) is 6.74. The Bertz CT molecular complexity index is 1190. The molecule has 7 nitrogen and oxygen atoms in total. The average molecular weight is 378 g/mol. The minimum absolute atomic E-state index is 0.0541. The number of nitrogens with zero attached hydrogens (tertiary/aromatic N) is 2. The Kier molecular flexibility index (Phi) is 4.37. The van der Waals surface area contributed by atoms with Crippen molar-refractivity contribution in [1.29, 1.82) is 0 Å². The van der Waals surface area contributed by atoms with Crippen molar-refractivity contribution in [2.45, 2.75) is 39.7 Å². The highest BCUT2D eigenvalue weighted by Gasteiger charge is 2.34. The number of hydrogen-bond donors (Lipinski definition) is 2. The molecule has 0 fully saturated rings. The van der Waals surface area contributed by atoms with E-state index < -0.39 is 11.2 Å². The van der Waals surface area contributed by atoms with Crippen LogP contribution in [-0.4, -0.2) is 26.9 Å². The fourth-order valence-electron chi connectivity index (χ4n) is 4.05. The number of aromatic nitrogens is 3. The van der Waals surface area contributed by atoms with Gasteiger partial charge < -0.3 is 4.90 Å². The number of carbonyl (C=O) groups is 1. The maximum Gasteiger partial charge on any atom is 0.327 e. The van der Waals surface area contributed by atoms with Crippen molar-refractivity contribution < 1.29 is 4.79 Å². The zero-order valence-corrected chi connectivity index (χ0v) is 16.1. The third-order valence-electron chi connectivity index (χ3n) is 5.40. The maximum atomic E-state index is 13.5. The molecule has 0 radical (unpaired) electrons. The van der Waals surface area contributed by atoms with E-state index in [4.69, 9.17) is 0 Å². The lowest BCUT2D eigenvalue weighted by molar-refractivity contribution is 0.0960. The molecule has 2 N–H and O–H groups in total. The number of carbonyl (C=O) groups excluding carboxylic acids is 1. The van der Waals surface area contributed by atoms with Crippen LogP contribution in [-0.2, 0) is 6.42 Å². The lowest BCUT2D eigenvalue weighted by atomic mass is 9.89. The smallest absolute Gasteiger partial charge is 0.303 e. The number of rotatable bonds is 2. The quantitative estimate of drug-likeness (QED) is 0.716. The largest absolute Gasteiger partial charge is 0.327 e. The minimum atomic E-state index is -0.641. The molecule has 7 heteroatoms. The van der Waals surface area contributed by atoms with Gasteiger partial charge in [0.1, 0.15) is 11.3 Å². The van der Waals surface area contributed by atoms with Crippen LogP contribution >= 0.6 is 0 Å². The van der Waals surface area contributed by atoms with Crippen molar-refractivity contribution in [1.82, 2.24) is 15.0 Å². The van der Waals surface area contributed by atoms with Gasteiger partial charge in [-0.2, -0.15) is 0 Å². The van der Waals surface area contributed by atoms with E-state index in [0.29, 0.717) is 5.56 Å². The number of fused-ring (bicyclic) bond motifs is 2. The van der Waals surface area contributed by atoms with E-state index in [2.05, 4.69) is 28.8 Å². The molecule has 1 aromatic carbocycles. The number of aromatic amines is 2. The van der Waals surface area contributed by atoms with Crippen LogP contribution in [0.2, 0.25) is 0 Å². The summed E-state index contributed by atoms with van der Waals surface area (Å²) in [5.41, 5.74) is 1.82. The zero-order valence-electron chi connectivity index (χ0n) is 16.1. The molecule has 3 heterocycles. The standard InChI is InChI=1S/C21H22N4O3/c1-11(2)15-9-8-13-6-4-5-7-16(13)25(15)20(27)14-10-12(3)17-18(22-14)23-21(28)24-19(17)26/h4-7,10-11,15H,8-9H2,1-3H3,(H2,22,23,24,26,28). The van der Waals surface area contributed by atoms with Crippen molar-refractivity contribution >= 4 is 22.6 Å². The van der Waals surface area contributed by atoms with Crippen LogP contribution in [0.3, 0.4) is 0 Å². The average Bonchev–Trinajstić information content (AvgIpc) is 2.65. The molecule has 1 aliphatic rings. The molecule has 1 atom stereocenters. The molecule has 0 saturated heterocycles. The van der Waals surface area contributed by atoms with Gasteiger partial charge in [-0.25, -0.2) is 9.78 Å². The first-order valence-corrected chi connectivity index (χ1v) is 9.42. The van der Waals surface area contributed by atoms with E-state index in [1.807, 2.05) is 29.2 Å². The van der Waals surface area contributed by atoms with E-state index in [1.54, 1.807) is 13.0 Å². The molecule has 2 aromatic heterocycles. The molecule has 1 amide bonds. The van der Waals surface area contributed by atoms with Crippen LogP contribution in [0, 0.1) is 12.8 Å². The Morgan fingerprint density at radius 3 is 2.71 bits per heavy atom. The van der Waals surface area contributed by atoms with Crippen molar-refractivity contribution in [3.63, 3.8) is 0 Å². The summed E-state index contributed by atoms with van der Waals surface area (Å²) in [6.45, 7) is 5.95. The van der Waals surface area contributed by atoms with Crippen LogP contribution in [0.25, 0.3) is 11.0 Å². The highest BCUT2D eigenvalue weighted by Crippen LogP contribution is 2.34. The van der Waals surface area contributed by atoms with Crippen molar-refractivity contribution in [2.75, 3.05) is 4.90 Å². The molecular weight excluding hydrogens is 356 g/mol. The first-order chi connectivity index (χ1) is 13.4. The Balaban J connectivity index is 1.88. The highest BCUT2D eigenvalue weighted by molar-refractivity contribution is 6.07. The Labute approximate surface area is 161 Å². The van der Waals surface area contributed by atoms with E-state index in [0.717, 1.165) is 24.1 Å². The number of hydrogen-bond acceptors (Lipinski definition) is 4. The number of H-pyrrole nitrogens is 2. The molecular formula is C21H22N4O3.